The monoisotopic (exact) mass is 376 g/mol. The molecule has 0 aromatic carbocycles. The average Bonchev–Trinajstić information content (AvgIpc) is 2.96. The van der Waals surface area contributed by atoms with E-state index in [-0.39, 0.29) is 30.3 Å². The van der Waals surface area contributed by atoms with E-state index in [9.17, 15) is 9.59 Å². The van der Waals surface area contributed by atoms with Crippen molar-refractivity contribution in [3.8, 4) is 0 Å². The molecule has 4 nitrogen and oxygen atoms in total. The summed E-state index contributed by atoms with van der Waals surface area (Å²) in [4.78, 5) is 22.9. The molecule has 4 heteroatoms. The van der Waals surface area contributed by atoms with Gasteiger partial charge in [0.15, 0.2) is 0 Å². The summed E-state index contributed by atoms with van der Waals surface area (Å²) in [5, 5.41) is 8.80. The molecule has 0 aromatic heterocycles. The van der Waals surface area contributed by atoms with Crippen molar-refractivity contribution in [3.63, 3.8) is 0 Å². The molecule has 0 spiro atoms. The molecule has 7 atom stereocenters. The van der Waals surface area contributed by atoms with Crippen molar-refractivity contribution >= 4 is 11.9 Å². The van der Waals surface area contributed by atoms with Gasteiger partial charge in [-0.25, -0.2) is 0 Å². The Kier molecular flexibility index (Phi) is 5.05. The molecule has 4 rings (SSSR count). The van der Waals surface area contributed by atoms with Gasteiger partial charge in [-0.3, -0.25) is 9.59 Å². The summed E-state index contributed by atoms with van der Waals surface area (Å²) in [5.41, 5.74) is 0.636. The molecule has 0 aromatic rings. The number of esters is 1. The standard InChI is InChI=1S/C23H36O4/c1-22-13-4-3-5-15(22)6-7-16-17-8-9-19(23(17,2)14-12-18(16)22)27-21(26)11-10-20(24)25/h15-19H,3-14H2,1-2H3,(H,24,25)/t15?,16?,17?,18?,19-,22+,23+/m1/s1. The first-order valence-corrected chi connectivity index (χ1v) is 11.3. The number of aliphatic carboxylic acids is 1. The quantitative estimate of drug-likeness (QED) is 0.685. The van der Waals surface area contributed by atoms with Crippen LogP contribution in [0, 0.1) is 34.5 Å². The minimum atomic E-state index is -0.930. The highest BCUT2D eigenvalue weighted by Crippen LogP contribution is 2.66. The first-order chi connectivity index (χ1) is 12.8. The summed E-state index contributed by atoms with van der Waals surface area (Å²) in [6.45, 7) is 4.94. The normalized spacial score (nSPS) is 46.1. The third-order valence-electron chi connectivity index (χ3n) is 9.31. The van der Waals surface area contributed by atoms with Crippen LogP contribution in [0.25, 0.3) is 0 Å². The zero-order valence-electron chi connectivity index (χ0n) is 17.0. The van der Waals surface area contributed by atoms with Gasteiger partial charge in [0, 0.05) is 5.41 Å². The number of hydrogen-bond donors (Lipinski definition) is 1. The summed E-state index contributed by atoms with van der Waals surface area (Å²) >= 11 is 0. The van der Waals surface area contributed by atoms with E-state index in [4.69, 9.17) is 9.84 Å². The molecule has 1 N–H and O–H groups in total. The SMILES string of the molecule is C[C@]12CCCCC1CCC1C2CC[C@@]2(C)C1CC[C@H]2OC(=O)CCC(=O)O. The van der Waals surface area contributed by atoms with Gasteiger partial charge in [-0.1, -0.05) is 26.7 Å². The largest absolute Gasteiger partial charge is 0.481 e. The van der Waals surface area contributed by atoms with Gasteiger partial charge in [0.2, 0.25) is 0 Å². The van der Waals surface area contributed by atoms with Crippen LogP contribution in [0.3, 0.4) is 0 Å². The van der Waals surface area contributed by atoms with Gasteiger partial charge < -0.3 is 9.84 Å². The second-order valence-electron chi connectivity index (χ2n) is 10.4. The van der Waals surface area contributed by atoms with Crippen molar-refractivity contribution in [1.29, 1.82) is 0 Å². The second-order valence-corrected chi connectivity index (χ2v) is 10.4. The van der Waals surface area contributed by atoms with E-state index in [1.54, 1.807) is 0 Å². The number of fused-ring (bicyclic) bond motifs is 5. The van der Waals surface area contributed by atoms with Crippen molar-refractivity contribution < 1.29 is 19.4 Å². The zero-order valence-corrected chi connectivity index (χ0v) is 17.0. The molecule has 4 aliphatic rings. The molecule has 4 unspecified atom stereocenters. The Morgan fingerprint density at radius 2 is 1.67 bits per heavy atom. The summed E-state index contributed by atoms with van der Waals surface area (Å²) in [5.74, 6) is 2.01. The fraction of sp³-hybridized carbons (Fsp3) is 0.913. The van der Waals surface area contributed by atoms with Crippen molar-refractivity contribution in [2.75, 3.05) is 0 Å². The fourth-order valence-electron chi connectivity index (χ4n) is 7.87. The van der Waals surface area contributed by atoms with E-state index in [1.807, 2.05) is 0 Å². The van der Waals surface area contributed by atoms with Gasteiger partial charge in [0.05, 0.1) is 12.8 Å². The third kappa shape index (κ3) is 3.21. The van der Waals surface area contributed by atoms with Gasteiger partial charge in [0.25, 0.3) is 0 Å². The molecular weight excluding hydrogens is 340 g/mol. The maximum absolute atomic E-state index is 12.2. The summed E-state index contributed by atoms with van der Waals surface area (Å²) < 4.78 is 5.84. The molecule has 27 heavy (non-hydrogen) atoms. The number of hydrogen-bond acceptors (Lipinski definition) is 3. The minimum Gasteiger partial charge on any atom is -0.481 e. The number of carbonyl (C=O) groups excluding carboxylic acids is 1. The minimum absolute atomic E-state index is 0.00160. The molecule has 0 radical (unpaired) electrons. The predicted octanol–water partition coefficient (Wildman–Crippen LogP) is 5.20. The molecule has 0 aliphatic heterocycles. The number of rotatable bonds is 4. The van der Waals surface area contributed by atoms with Gasteiger partial charge in [-0.15, -0.1) is 0 Å². The molecule has 0 amide bonds. The third-order valence-corrected chi connectivity index (χ3v) is 9.31. The molecule has 0 heterocycles. The van der Waals surface area contributed by atoms with Crippen molar-refractivity contribution in [2.45, 2.75) is 97.0 Å². The Morgan fingerprint density at radius 1 is 0.889 bits per heavy atom. The van der Waals surface area contributed by atoms with Gasteiger partial charge in [-0.2, -0.15) is 0 Å². The van der Waals surface area contributed by atoms with Gasteiger partial charge in [0.1, 0.15) is 6.10 Å². The number of carboxylic acids is 1. The Morgan fingerprint density at radius 3 is 2.44 bits per heavy atom. The Hall–Kier alpha value is -1.06. The van der Waals surface area contributed by atoms with E-state index in [2.05, 4.69) is 13.8 Å². The van der Waals surface area contributed by atoms with E-state index >= 15 is 0 Å². The average molecular weight is 377 g/mol. The van der Waals surface area contributed by atoms with E-state index in [0.717, 1.165) is 30.6 Å². The summed E-state index contributed by atoms with van der Waals surface area (Å²) in [6, 6.07) is 0. The van der Waals surface area contributed by atoms with E-state index in [0.29, 0.717) is 11.3 Å². The number of ether oxygens (including phenoxy) is 1. The van der Waals surface area contributed by atoms with Crippen LogP contribution in [0.4, 0.5) is 0 Å². The maximum Gasteiger partial charge on any atom is 0.306 e. The maximum atomic E-state index is 12.2. The first kappa shape index (κ1) is 19.3. The molecule has 0 saturated heterocycles. The van der Waals surface area contributed by atoms with Crippen LogP contribution < -0.4 is 0 Å². The van der Waals surface area contributed by atoms with E-state index < -0.39 is 5.97 Å². The molecular formula is C23H36O4. The molecule has 4 fully saturated rings. The predicted molar refractivity (Wildman–Crippen MR) is 103 cm³/mol. The lowest BCUT2D eigenvalue weighted by Gasteiger charge is -2.60. The lowest BCUT2D eigenvalue weighted by molar-refractivity contribution is -0.164. The Bertz CT molecular complexity index is 601. The highest BCUT2D eigenvalue weighted by Gasteiger charge is 2.60. The van der Waals surface area contributed by atoms with Crippen LogP contribution in [-0.2, 0) is 14.3 Å². The molecule has 4 aliphatic carbocycles. The summed E-state index contributed by atoms with van der Waals surface area (Å²) in [7, 11) is 0. The number of carbonyl (C=O) groups is 2. The zero-order chi connectivity index (χ0) is 19.2. The van der Waals surface area contributed by atoms with Crippen molar-refractivity contribution in [2.24, 2.45) is 34.5 Å². The fourth-order valence-corrected chi connectivity index (χ4v) is 7.87. The lowest BCUT2D eigenvalue weighted by Crippen LogP contribution is -2.53. The molecule has 0 bridgehead atoms. The molecule has 4 saturated carbocycles. The topological polar surface area (TPSA) is 63.6 Å². The summed E-state index contributed by atoms with van der Waals surface area (Å²) in [6.07, 6.45) is 12.9. The van der Waals surface area contributed by atoms with Crippen LogP contribution >= 0.6 is 0 Å². The van der Waals surface area contributed by atoms with Gasteiger partial charge in [-0.05, 0) is 80.5 Å². The van der Waals surface area contributed by atoms with Crippen molar-refractivity contribution in [1.82, 2.24) is 0 Å². The Labute approximate surface area is 163 Å². The van der Waals surface area contributed by atoms with Gasteiger partial charge >= 0.3 is 11.9 Å². The lowest BCUT2D eigenvalue weighted by atomic mass is 9.45. The number of carboxylic acid groups (broad SMARTS) is 1. The van der Waals surface area contributed by atoms with Crippen LogP contribution in [-0.4, -0.2) is 23.1 Å². The second kappa shape index (κ2) is 7.08. The van der Waals surface area contributed by atoms with E-state index in [1.165, 1.54) is 51.4 Å². The highest BCUT2D eigenvalue weighted by atomic mass is 16.5. The van der Waals surface area contributed by atoms with Crippen LogP contribution in [0.15, 0.2) is 0 Å². The highest BCUT2D eigenvalue weighted by molar-refractivity contribution is 5.76. The van der Waals surface area contributed by atoms with Crippen LogP contribution in [0.1, 0.15) is 90.9 Å². The van der Waals surface area contributed by atoms with Crippen LogP contribution in [0.2, 0.25) is 0 Å². The molecule has 152 valence electrons. The van der Waals surface area contributed by atoms with Crippen LogP contribution in [0.5, 0.6) is 0 Å². The Balaban J connectivity index is 1.46. The van der Waals surface area contributed by atoms with Crippen molar-refractivity contribution in [3.05, 3.63) is 0 Å². The first-order valence-electron chi connectivity index (χ1n) is 11.3. The smallest absolute Gasteiger partial charge is 0.306 e.